The van der Waals surface area contributed by atoms with E-state index in [-0.39, 0.29) is 5.91 Å². The summed E-state index contributed by atoms with van der Waals surface area (Å²) in [4.78, 5) is 12.2. The SMILES string of the molecule is Cc1nn(CC(C)C)c(C)c1CC(=O)NCCCC1CCCC1. The summed E-state index contributed by atoms with van der Waals surface area (Å²) in [6, 6.07) is 0. The third-order valence-corrected chi connectivity index (χ3v) is 4.99. The van der Waals surface area contributed by atoms with Gasteiger partial charge in [-0.05, 0) is 38.5 Å². The molecule has 0 radical (unpaired) electrons. The molecular weight excluding hydrogens is 286 g/mol. The number of nitrogens with zero attached hydrogens (tertiary/aromatic N) is 2. The van der Waals surface area contributed by atoms with Crippen LogP contribution in [0.25, 0.3) is 0 Å². The van der Waals surface area contributed by atoms with Crippen LogP contribution in [0.3, 0.4) is 0 Å². The third-order valence-electron chi connectivity index (χ3n) is 4.99. The average Bonchev–Trinajstić information content (AvgIpc) is 3.08. The molecule has 2 rings (SSSR count). The highest BCUT2D eigenvalue weighted by atomic mass is 16.1. The van der Waals surface area contributed by atoms with Gasteiger partial charge in [0.25, 0.3) is 0 Å². The van der Waals surface area contributed by atoms with Crippen molar-refractivity contribution in [2.75, 3.05) is 6.54 Å². The van der Waals surface area contributed by atoms with Crippen molar-refractivity contribution in [2.24, 2.45) is 11.8 Å². The molecule has 23 heavy (non-hydrogen) atoms. The second-order valence-electron chi connectivity index (χ2n) is 7.54. The second kappa shape index (κ2) is 8.51. The van der Waals surface area contributed by atoms with E-state index in [1.54, 1.807) is 0 Å². The lowest BCUT2D eigenvalue weighted by atomic mass is 10.0. The Bertz CT molecular complexity index is 513. The van der Waals surface area contributed by atoms with Crippen molar-refractivity contribution in [3.8, 4) is 0 Å². The predicted octanol–water partition coefficient (Wildman–Crippen LogP) is 3.79. The molecule has 4 heteroatoms. The van der Waals surface area contributed by atoms with E-state index in [1.807, 2.05) is 11.6 Å². The molecule has 1 aliphatic rings. The number of aromatic nitrogens is 2. The van der Waals surface area contributed by atoms with Crippen LogP contribution in [0.4, 0.5) is 0 Å². The van der Waals surface area contributed by atoms with Crippen LogP contribution in [0.15, 0.2) is 0 Å². The van der Waals surface area contributed by atoms with Gasteiger partial charge in [0.2, 0.25) is 5.91 Å². The average molecular weight is 319 g/mol. The van der Waals surface area contributed by atoms with E-state index >= 15 is 0 Å². The van der Waals surface area contributed by atoms with E-state index in [1.165, 1.54) is 32.1 Å². The smallest absolute Gasteiger partial charge is 0.224 e. The highest BCUT2D eigenvalue weighted by Crippen LogP contribution is 2.28. The summed E-state index contributed by atoms with van der Waals surface area (Å²) in [7, 11) is 0. The molecule has 0 atom stereocenters. The Morgan fingerprint density at radius 3 is 2.65 bits per heavy atom. The minimum atomic E-state index is 0.131. The first-order valence-corrected chi connectivity index (χ1v) is 9.27. The highest BCUT2D eigenvalue weighted by molar-refractivity contribution is 5.79. The first kappa shape index (κ1) is 18.0. The molecule has 4 nitrogen and oxygen atoms in total. The quantitative estimate of drug-likeness (QED) is 0.741. The Balaban J connectivity index is 1.77. The van der Waals surface area contributed by atoms with Gasteiger partial charge in [-0.25, -0.2) is 0 Å². The molecule has 1 fully saturated rings. The van der Waals surface area contributed by atoms with Crippen LogP contribution in [-0.4, -0.2) is 22.2 Å². The minimum absolute atomic E-state index is 0.131. The van der Waals surface area contributed by atoms with E-state index in [9.17, 15) is 4.79 Å². The fraction of sp³-hybridized carbons (Fsp3) is 0.789. The first-order valence-electron chi connectivity index (χ1n) is 9.27. The summed E-state index contributed by atoms with van der Waals surface area (Å²) in [5, 5.41) is 7.67. The molecule has 1 saturated carbocycles. The number of carbonyl (C=O) groups is 1. The molecule has 0 unspecified atom stereocenters. The molecule has 1 aromatic rings. The molecule has 0 aliphatic heterocycles. The first-order chi connectivity index (χ1) is 11.0. The fourth-order valence-corrected chi connectivity index (χ4v) is 3.65. The van der Waals surface area contributed by atoms with Crippen LogP contribution in [0, 0.1) is 25.7 Å². The van der Waals surface area contributed by atoms with Gasteiger partial charge >= 0.3 is 0 Å². The van der Waals surface area contributed by atoms with E-state index < -0.39 is 0 Å². The number of hydrogen-bond acceptors (Lipinski definition) is 2. The zero-order valence-electron chi connectivity index (χ0n) is 15.3. The normalized spacial score (nSPS) is 15.5. The van der Waals surface area contributed by atoms with Crippen molar-refractivity contribution in [1.29, 1.82) is 0 Å². The summed E-state index contributed by atoms with van der Waals surface area (Å²) < 4.78 is 2.04. The van der Waals surface area contributed by atoms with Crippen LogP contribution in [0.5, 0.6) is 0 Å². The van der Waals surface area contributed by atoms with E-state index in [2.05, 4.69) is 31.2 Å². The molecule has 0 saturated heterocycles. The van der Waals surface area contributed by atoms with Crippen LogP contribution in [-0.2, 0) is 17.8 Å². The van der Waals surface area contributed by atoms with Gasteiger partial charge in [-0.15, -0.1) is 0 Å². The molecule has 1 N–H and O–H groups in total. The van der Waals surface area contributed by atoms with Crippen molar-refractivity contribution < 1.29 is 4.79 Å². The maximum Gasteiger partial charge on any atom is 0.224 e. The molecule has 0 spiro atoms. The van der Waals surface area contributed by atoms with Gasteiger partial charge in [-0.2, -0.15) is 5.10 Å². The van der Waals surface area contributed by atoms with Crippen molar-refractivity contribution in [2.45, 2.75) is 79.2 Å². The number of rotatable bonds is 8. The number of carbonyl (C=O) groups excluding carboxylic acids is 1. The Morgan fingerprint density at radius 2 is 2.00 bits per heavy atom. The second-order valence-corrected chi connectivity index (χ2v) is 7.54. The predicted molar refractivity (Wildman–Crippen MR) is 94.4 cm³/mol. The Morgan fingerprint density at radius 1 is 1.30 bits per heavy atom. The number of nitrogens with one attached hydrogen (secondary N) is 1. The molecule has 1 aliphatic carbocycles. The summed E-state index contributed by atoms with van der Waals surface area (Å²) in [6.45, 7) is 10.2. The van der Waals surface area contributed by atoms with Gasteiger partial charge in [0, 0.05) is 24.3 Å². The summed E-state index contributed by atoms with van der Waals surface area (Å²) >= 11 is 0. The molecular formula is C19H33N3O. The number of aryl methyl sites for hydroxylation is 1. The van der Waals surface area contributed by atoms with Gasteiger partial charge in [0.05, 0.1) is 12.1 Å². The number of amides is 1. The van der Waals surface area contributed by atoms with Gasteiger partial charge in [-0.1, -0.05) is 39.5 Å². The lowest BCUT2D eigenvalue weighted by Gasteiger charge is -2.10. The molecule has 0 aromatic carbocycles. The Hall–Kier alpha value is -1.32. The number of hydrogen-bond donors (Lipinski definition) is 1. The van der Waals surface area contributed by atoms with Gasteiger partial charge < -0.3 is 5.32 Å². The van der Waals surface area contributed by atoms with Gasteiger partial charge in [-0.3, -0.25) is 9.48 Å². The van der Waals surface area contributed by atoms with Crippen molar-refractivity contribution >= 4 is 5.91 Å². The zero-order valence-corrected chi connectivity index (χ0v) is 15.3. The van der Waals surface area contributed by atoms with Crippen molar-refractivity contribution in [1.82, 2.24) is 15.1 Å². The van der Waals surface area contributed by atoms with Gasteiger partial charge in [0.15, 0.2) is 0 Å². The molecule has 1 heterocycles. The van der Waals surface area contributed by atoms with Crippen LogP contribution < -0.4 is 5.32 Å². The molecule has 1 amide bonds. The van der Waals surface area contributed by atoms with Crippen molar-refractivity contribution in [3.05, 3.63) is 17.0 Å². The maximum absolute atomic E-state index is 12.2. The highest BCUT2D eigenvalue weighted by Gasteiger charge is 2.16. The van der Waals surface area contributed by atoms with Crippen LogP contribution >= 0.6 is 0 Å². The molecule has 130 valence electrons. The van der Waals surface area contributed by atoms with Crippen LogP contribution in [0.2, 0.25) is 0 Å². The monoisotopic (exact) mass is 319 g/mol. The summed E-state index contributed by atoms with van der Waals surface area (Å²) in [6.07, 6.45) is 8.42. The van der Waals surface area contributed by atoms with Gasteiger partial charge in [0.1, 0.15) is 0 Å². The lowest BCUT2D eigenvalue weighted by Crippen LogP contribution is -2.26. The largest absolute Gasteiger partial charge is 0.356 e. The maximum atomic E-state index is 12.2. The Kier molecular flexibility index (Phi) is 6.67. The van der Waals surface area contributed by atoms with E-state index in [4.69, 9.17) is 0 Å². The molecule has 1 aromatic heterocycles. The minimum Gasteiger partial charge on any atom is -0.356 e. The third kappa shape index (κ3) is 5.36. The molecule has 0 bridgehead atoms. The Labute approximate surface area is 141 Å². The zero-order chi connectivity index (χ0) is 16.8. The van der Waals surface area contributed by atoms with Crippen molar-refractivity contribution in [3.63, 3.8) is 0 Å². The van der Waals surface area contributed by atoms with E-state index in [0.717, 1.165) is 42.4 Å². The fourth-order valence-electron chi connectivity index (χ4n) is 3.65. The van der Waals surface area contributed by atoms with Crippen LogP contribution in [0.1, 0.15) is 69.3 Å². The summed E-state index contributed by atoms with van der Waals surface area (Å²) in [5.41, 5.74) is 3.22. The topological polar surface area (TPSA) is 46.9 Å². The summed E-state index contributed by atoms with van der Waals surface area (Å²) in [5.74, 6) is 1.60. The van der Waals surface area contributed by atoms with E-state index in [0.29, 0.717) is 12.3 Å². The lowest BCUT2D eigenvalue weighted by molar-refractivity contribution is -0.120. The standard InChI is InChI=1S/C19H33N3O/c1-14(2)13-22-16(4)18(15(3)21-22)12-19(23)20-11-7-10-17-8-5-6-9-17/h14,17H,5-13H2,1-4H3,(H,20,23).